The molecule has 0 atom stereocenters. The smallest absolute Gasteiger partial charge is 0.228 e. The van der Waals surface area contributed by atoms with Gasteiger partial charge in [-0.15, -0.1) is 0 Å². The average molecular weight is 180 g/mol. The van der Waals surface area contributed by atoms with Crippen LogP contribution < -0.4 is 0 Å². The summed E-state index contributed by atoms with van der Waals surface area (Å²) in [7, 11) is 0. The lowest BCUT2D eigenvalue weighted by Gasteiger charge is -1.91. The molecule has 0 fully saturated rings. The fraction of sp³-hybridized carbons (Fsp3) is 0. The van der Waals surface area contributed by atoms with E-state index in [9.17, 15) is 0 Å². The van der Waals surface area contributed by atoms with Crippen LogP contribution in [-0.2, 0) is 0 Å². The molecular formula is C9H6ClNO. The lowest BCUT2D eigenvalue weighted by molar-refractivity contribution is 0.576. The first-order valence-corrected chi connectivity index (χ1v) is 3.91. The molecule has 0 radical (unpaired) electrons. The molecule has 1 aromatic carbocycles. The maximum atomic E-state index is 5.58. The topological polar surface area (TPSA) is 26.0 Å². The molecule has 0 N–H and O–H groups in total. The lowest BCUT2D eigenvalue weighted by atomic mass is 10.2. The van der Waals surface area contributed by atoms with Crippen LogP contribution in [0.3, 0.4) is 0 Å². The van der Waals surface area contributed by atoms with Gasteiger partial charge in [-0.05, 0) is 23.7 Å². The van der Waals surface area contributed by atoms with Crippen LogP contribution >= 0.6 is 11.6 Å². The van der Waals surface area contributed by atoms with E-state index in [1.807, 2.05) is 30.3 Å². The molecule has 2 aromatic rings. The van der Waals surface area contributed by atoms with Crippen LogP contribution in [0.15, 0.2) is 40.9 Å². The van der Waals surface area contributed by atoms with Gasteiger partial charge in [-0.3, -0.25) is 0 Å². The van der Waals surface area contributed by atoms with Crippen molar-refractivity contribution in [1.82, 2.24) is 4.98 Å². The molecule has 0 unspecified atom stereocenters. The maximum Gasteiger partial charge on any atom is 0.228 e. The Balaban J connectivity index is 2.45. The molecule has 12 heavy (non-hydrogen) atoms. The zero-order valence-electron chi connectivity index (χ0n) is 6.20. The Hall–Kier alpha value is -1.28. The van der Waals surface area contributed by atoms with Crippen molar-refractivity contribution in [3.05, 3.63) is 41.7 Å². The van der Waals surface area contributed by atoms with Crippen molar-refractivity contribution in [1.29, 1.82) is 0 Å². The molecule has 1 heterocycles. The molecule has 0 aliphatic carbocycles. The van der Waals surface area contributed by atoms with E-state index in [0.717, 1.165) is 5.56 Å². The number of benzene rings is 1. The molecule has 0 saturated heterocycles. The van der Waals surface area contributed by atoms with Gasteiger partial charge < -0.3 is 4.42 Å². The minimum atomic E-state index is 0.314. The second-order valence-corrected chi connectivity index (χ2v) is 2.71. The molecular weight excluding hydrogens is 174 g/mol. The summed E-state index contributed by atoms with van der Waals surface area (Å²) in [6.07, 6.45) is 1.49. The highest BCUT2D eigenvalue weighted by molar-refractivity contribution is 6.28. The third-order valence-electron chi connectivity index (χ3n) is 1.50. The first-order chi connectivity index (χ1) is 5.86. The standard InChI is InChI=1S/C9H6ClNO/c10-8-6-11-9(12-8)7-4-2-1-3-5-7/h1-6H. The Kier molecular flexibility index (Phi) is 1.84. The molecule has 0 spiro atoms. The Morgan fingerprint density at radius 3 is 2.50 bits per heavy atom. The van der Waals surface area contributed by atoms with Crippen LogP contribution in [0.5, 0.6) is 0 Å². The van der Waals surface area contributed by atoms with E-state index >= 15 is 0 Å². The van der Waals surface area contributed by atoms with Crippen molar-refractivity contribution in [2.75, 3.05) is 0 Å². The van der Waals surface area contributed by atoms with Crippen LogP contribution in [0, 0.1) is 0 Å². The van der Waals surface area contributed by atoms with Crippen LogP contribution in [0.1, 0.15) is 0 Å². The van der Waals surface area contributed by atoms with Gasteiger partial charge in [-0.2, -0.15) is 0 Å². The number of halogens is 1. The van der Waals surface area contributed by atoms with E-state index in [1.165, 1.54) is 6.20 Å². The van der Waals surface area contributed by atoms with Gasteiger partial charge in [0.15, 0.2) is 0 Å². The van der Waals surface area contributed by atoms with E-state index in [1.54, 1.807) is 0 Å². The molecule has 2 rings (SSSR count). The van der Waals surface area contributed by atoms with E-state index in [2.05, 4.69) is 4.98 Å². The fourth-order valence-electron chi connectivity index (χ4n) is 0.969. The Morgan fingerprint density at radius 2 is 1.92 bits per heavy atom. The lowest BCUT2D eigenvalue weighted by Crippen LogP contribution is -1.73. The zero-order chi connectivity index (χ0) is 8.39. The van der Waals surface area contributed by atoms with Gasteiger partial charge in [0.2, 0.25) is 11.1 Å². The van der Waals surface area contributed by atoms with Crippen molar-refractivity contribution in [2.45, 2.75) is 0 Å². The minimum Gasteiger partial charge on any atom is -0.425 e. The SMILES string of the molecule is Clc1cnc(-c2ccccc2)o1. The summed E-state index contributed by atoms with van der Waals surface area (Å²) >= 11 is 5.58. The summed E-state index contributed by atoms with van der Waals surface area (Å²) < 4.78 is 5.12. The molecule has 0 bridgehead atoms. The zero-order valence-corrected chi connectivity index (χ0v) is 6.95. The summed E-state index contributed by atoms with van der Waals surface area (Å²) in [5.74, 6) is 0.556. The van der Waals surface area contributed by atoms with Gasteiger partial charge in [0.05, 0.1) is 6.20 Å². The summed E-state index contributed by atoms with van der Waals surface area (Å²) in [6, 6.07) is 9.62. The predicted octanol–water partition coefficient (Wildman–Crippen LogP) is 3.00. The Morgan fingerprint density at radius 1 is 1.17 bits per heavy atom. The molecule has 1 aromatic heterocycles. The highest BCUT2D eigenvalue weighted by Crippen LogP contribution is 2.20. The fourth-order valence-corrected chi connectivity index (χ4v) is 1.09. The van der Waals surface area contributed by atoms with Crippen molar-refractivity contribution in [3.63, 3.8) is 0 Å². The first kappa shape index (κ1) is 7.37. The highest BCUT2D eigenvalue weighted by Gasteiger charge is 2.02. The number of hydrogen-bond donors (Lipinski definition) is 0. The van der Waals surface area contributed by atoms with Gasteiger partial charge in [0.25, 0.3) is 0 Å². The van der Waals surface area contributed by atoms with Crippen LogP contribution in [0.4, 0.5) is 0 Å². The Labute approximate surface area is 74.8 Å². The van der Waals surface area contributed by atoms with Gasteiger partial charge >= 0.3 is 0 Å². The summed E-state index contributed by atoms with van der Waals surface area (Å²) in [5.41, 5.74) is 0.935. The molecule has 60 valence electrons. The average Bonchev–Trinajstić information content (AvgIpc) is 2.54. The number of oxazole rings is 1. The van der Waals surface area contributed by atoms with E-state index in [0.29, 0.717) is 11.1 Å². The third-order valence-corrected chi connectivity index (χ3v) is 1.67. The normalized spacial score (nSPS) is 10.1. The summed E-state index contributed by atoms with van der Waals surface area (Å²) in [6.45, 7) is 0. The molecule has 2 nitrogen and oxygen atoms in total. The van der Waals surface area contributed by atoms with Crippen molar-refractivity contribution < 1.29 is 4.42 Å². The number of rotatable bonds is 1. The second-order valence-electron chi connectivity index (χ2n) is 2.34. The molecule has 0 saturated carbocycles. The number of hydrogen-bond acceptors (Lipinski definition) is 2. The number of aromatic nitrogens is 1. The van der Waals surface area contributed by atoms with Crippen LogP contribution in [0.25, 0.3) is 11.5 Å². The third kappa shape index (κ3) is 1.34. The van der Waals surface area contributed by atoms with Crippen LogP contribution in [-0.4, -0.2) is 4.98 Å². The molecule has 3 heteroatoms. The minimum absolute atomic E-state index is 0.314. The Bertz CT molecular complexity index is 369. The molecule has 0 aliphatic rings. The van der Waals surface area contributed by atoms with Gasteiger partial charge in [0, 0.05) is 5.56 Å². The second kappa shape index (κ2) is 2.99. The highest BCUT2D eigenvalue weighted by atomic mass is 35.5. The summed E-state index contributed by atoms with van der Waals surface area (Å²) in [5, 5.41) is 0.314. The molecule has 0 aliphatic heterocycles. The van der Waals surface area contributed by atoms with Crippen molar-refractivity contribution in [2.24, 2.45) is 0 Å². The van der Waals surface area contributed by atoms with Gasteiger partial charge in [-0.25, -0.2) is 4.98 Å². The van der Waals surface area contributed by atoms with Crippen molar-refractivity contribution >= 4 is 11.6 Å². The summed E-state index contributed by atoms with van der Waals surface area (Å²) in [4.78, 5) is 3.99. The predicted molar refractivity (Wildman–Crippen MR) is 46.9 cm³/mol. The van der Waals surface area contributed by atoms with E-state index in [4.69, 9.17) is 16.0 Å². The van der Waals surface area contributed by atoms with Gasteiger partial charge in [0.1, 0.15) is 0 Å². The van der Waals surface area contributed by atoms with Gasteiger partial charge in [-0.1, -0.05) is 18.2 Å². The van der Waals surface area contributed by atoms with Crippen molar-refractivity contribution in [3.8, 4) is 11.5 Å². The van der Waals surface area contributed by atoms with Crippen LogP contribution in [0.2, 0.25) is 5.22 Å². The maximum absolute atomic E-state index is 5.58. The first-order valence-electron chi connectivity index (χ1n) is 3.53. The quantitative estimate of drug-likeness (QED) is 0.673. The van der Waals surface area contributed by atoms with E-state index in [-0.39, 0.29) is 0 Å². The monoisotopic (exact) mass is 179 g/mol. The largest absolute Gasteiger partial charge is 0.425 e. The van der Waals surface area contributed by atoms with E-state index < -0.39 is 0 Å². The number of nitrogens with zero attached hydrogens (tertiary/aromatic N) is 1. The molecule has 0 amide bonds.